The van der Waals surface area contributed by atoms with Crippen LogP contribution in [0.25, 0.3) is 0 Å². The van der Waals surface area contributed by atoms with Crippen molar-refractivity contribution in [1.29, 1.82) is 0 Å². The van der Waals surface area contributed by atoms with Gasteiger partial charge >= 0.3 is 0 Å². The molecule has 5 heavy (non-hydrogen) atoms. The first kappa shape index (κ1) is 5.37. The standard InChI is InChI=1S/C2H7BOS/c1-3-4-5-2/h3H,1-2H3. The van der Waals surface area contributed by atoms with Crippen LogP contribution in [0.15, 0.2) is 0 Å². The average molecular weight is 90.0 g/mol. The Kier molecular flexibility index (Phi) is 4.70. The molecule has 0 atom stereocenters. The molecule has 0 N–H and O–H groups in total. The first-order valence-electron chi connectivity index (χ1n) is 1.57. The lowest BCUT2D eigenvalue weighted by atomic mass is 10.1. The van der Waals surface area contributed by atoms with Crippen LogP contribution >= 0.6 is 12.0 Å². The third-order valence-electron chi connectivity index (χ3n) is 0.236. The molecule has 0 aromatic carbocycles. The van der Waals surface area contributed by atoms with Gasteiger partial charge in [0.25, 0.3) is 7.48 Å². The normalized spacial score (nSPS) is 7.60. The minimum atomic E-state index is 0.807. The Balaban J connectivity index is 2.19. The fourth-order valence-corrected chi connectivity index (χ4v) is 0.354. The molecule has 0 bridgehead atoms. The van der Waals surface area contributed by atoms with Gasteiger partial charge in [0.05, 0.1) is 0 Å². The molecule has 0 aliphatic heterocycles. The van der Waals surface area contributed by atoms with Crippen LogP contribution in [-0.4, -0.2) is 13.7 Å². The van der Waals surface area contributed by atoms with Gasteiger partial charge in [-0.2, -0.15) is 0 Å². The van der Waals surface area contributed by atoms with Gasteiger partial charge in [0, 0.05) is 6.26 Å². The molecule has 0 radical (unpaired) electrons. The highest BCUT2D eigenvalue weighted by atomic mass is 32.2. The fraction of sp³-hybridized carbons (Fsp3) is 1.00. The van der Waals surface area contributed by atoms with Crippen LogP contribution in [0.1, 0.15) is 0 Å². The van der Waals surface area contributed by atoms with E-state index in [2.05, 4.69) is 0 Å². The summed E-state index contributed by atoms with van der Waals surface area (Å²) >= 11 is 1.40. The van der Waals surface area contributed by atoms with E-state index in [1.165, 1.54) is 12.0 Å². The lowest BCUT2D eigenvalue weighted by molar-refractivity contribution is 0.709. The molecular formula is C2H7BOS. The Bertz CT molecular complexity index is 17.1. The van der Waals surface area contributed by atoms with Crippen molar-refractivity contribution in [2.45, 2.75) is 6.82 Å². The molecule has 0 rings (SSSR count). The van der Waals surface area contributed by atoms with Crippen molar-refractivity contribution in [3.8, 4) is 0 Å². The molecule has 0 aromatic heterocycles. The van der Waals surface area contributed by atoms with E-state index < -0.39 is 0 Å². The van der Waals surface area contributed by atoms with Gasteiger partial charge in [-0.3, -0.25) is 0 Å². The van der Waals surface area contributed by atoms with Crippen molar-refractivity contribution < 1.29 is 4.10 Å². The molecule has 0 fully saturated rings. The molecule has 3 heteroatoms. The van der Waals surface area contributed by atoms with E-state index in [1.807, 2.05) is 13.1 Å². The summed E-state index contributed by atoms with van der Waals surface area (Å²) in [6.07, 6.45) is 1.91. The second kappa shape index (κ2) is 4.37. The van der Waals surface area contributed by atoms with Crippen molar-refractivity contribution in [3.05, 3.63) is 0 Å². The van der Waals surface area contributed by atoms with Gasteiger partial charge in [0.1, 0.15) is 0 Å². The maximum absolute atomic E-state index is 4.75. The molecule has 0 aromatic rings. The van der Waals surface area contributed by atoms with E-state index in [4.69, 9.17) is 4.10 Å². The Labute approximate surface area is 37.6 Å². The lowest BCUT2D eigenvalue weighted by Crippen LogP contribution is -1.77. The minimum absolute atomic E-state index is 0.807. The van der Waals surface area contributed by atoms with Gasteiger partial charge in [-0.05, 0) is 12.0 Å². The molecule has 0 heterocycles. The van der Waals surface area contributed by atoms with Crippen molar-refractivity contribution in [2.75, 3.05) is 6.26 Å². The molecule has 0 saturated carbocycles. The summed E-state index contributed by atoms with van der Waals surface area (Å²) in [6, 6.07) is 0. The highest BCUT2D eigenvalue weighted by Gasteiger charge is 1.70. The monoisotopic (exact) mass is 90.0 g/mol. The maximum atomic E-state index is 4.75. The molecule has 1 nitrogen and oxygen atoms in total. The summed E-state index contributed by atoms with van der Waals surface area (Å²) in [4.78, 5) is 0. The zero-order valence-electron chi connectivity index (χ0n) is 3.52. The highest BCUT2D eigenvalue weighted by Crippen LogP contribution is 1.88. The van der Waals surface area contributed by atoms with Crippen LogP contribution in [0.5, 0.6) is 0 Å². The summed E-state index contributed by atoms with van der Waals surface area (Å²) in [7, 11) is 0.807. The summed E-state index contributed by atoms with van der Waals surface area (Å²) in [5.74, 6) is 0. The van der Waals surface area contributed by atoms with E-state index in [9.17, 15) is 0 Å². The van der Waals surface area contributed by atoms with Crippen molar-refractivity contribution in [1.82, 2.24) is 0 Å². The highest BCUT2D eigenvalue weighted by molar-refractivity contribution is 7.94. The summed E-state index contributed by atoms with van der Waals surface area (Å²) in [5, 5.41) is 0. The second-order valence-corrected chi connectivity index (χ2v) is 1.14. The van der Waals surface area contributed by atoms with E-state index in [0.717, 1.165) is 7.48 Å². The molecule has 0 unspecified atom stereocenters. The third kappa shape index (κ3) is 4.37. The Morgan fingerprint density at radius 2 is 2.40 bits per heavy atom. The first-order valence-corrected chi connectivity index (χ1v) is 2.72. The van der Waals surface area contributed by atoms with Crippen LogP contribution in [0.2, 0.25) is 6.82 Å². The first-order chi connectivity index (χ1) is 2.41. The zero-order chi connectivity index (χ0) is 4.12. The number of rotatable bonds is 2. The molecule has 30 valence electrons. The molecule has 0 saturated heterocycles. The predicted molar refractivity (Wildman–Crippen MR) is 27.6 cm³/mol. The molecule has 0 spiro atoms. The molecular weight excluding hydrogens is 82.9 g/mol. The fourth-order valence-electron chi connectivity index (χ4n) is 0.118. The third-order valence-corrected chi connectivity index (χ3v) is 0.707. The van der Waals surface area contributed by atoms with Crippen LogP contribution in [0.3, 0.4) is 0 Å². The lowest BCUT2D eigenvalue weighted by Gasteiger charge is -1.83. The Morgan fingerprint density at radius 3 is 2.40 bits per heavy atom. The maximum Gasteiger partial charge on any atom is 0.291 e. The van der Waals surface area contributed by atoms with Crippen LogP contribution < -0.4 is 0 Å². The van der Waals surface area contributed by atoms with Crippen LogP contribution in [0, 0.1) is 0 Å². The number of hydrogen-bond donors (Lipinski definition) is 0. The second-order valence-electron chi connectivity index (χ2n) is 0.573. The van der Waals surface area contributed by atoms with Crippen LogP contribution in [0.4, 0.5) is 0 Å². The quantitative estimate of drug-likeness (QED) is 0.364. The molecule has 0 aliphatic carbocycles. The Hall–Kier alpha value is 0.375. The SMILES string of the molecule is CBOSC. The summed E-state index contributed by atoms with van der Waals surface area (Å²) < 4.78 is 4.75. The van der Waals surface area contributed by atoms with Gasteiger partial charge in [-0.25, -0.2) is 0 Å². The van der Waals surface area contributed by atoms with Gasteiger partial charge in [-0.15, -0.1) is 0 Å². The number of hydrogen-bond acceptors (Lipinski definition) is 2. The van der Waals surface area contributed by atoms with E-state index in [-0.39, 0.29) is 0 Å². The molecule has 0 aliphatic rings. The smallest absolute Gasteiger partial charge is 0.291 e. The van der Waals surface area contributed by atoms with Gasteiger partial charge in [-0.1, -0.05) is 6.82 Å². The predicted octanol–water partition coefficient (Wildman–Crippen LogP) is 0.681. The largest absolute Gasteiger partial charge is 0.381 e. The van der Waals surface area contributed by atoms with Gasteiger partial charge in [0.2, 0.25) is 0 Å². The van der Waals surface area contributed by atoms with Crippen LogP contribution in [-0.2, 0) is 4.10 Å². The summed E-state index contributed by atoms with van der Waals surface area (Å²) in [5.41, 5.74) is 0. The van der Waals surface area contributed by atoms with Crippen molar-refractivity contribution in [3.63, 3.8) is 0 Å². The van der Waals surface area contributed by atoms with E-state index >= 15 is 0 Å². The zero-order valence-corrected chi connectivity index (χ0v) is 4.34. The van der Waals surface area contributed by atoms with E-state index in [1.54, 1.807) is 0 Å². The average Bonchev–Trinajstić information content (AvgIpc) is 1.41. The topological polar surface area (TPSA) is 9.23 Å². The Morgan fingerprint density at radius 1 is 1.80 bits per heavy atom. The molecule has 0 amide bonds. The van der Waals surface area contributed by atoms with E-state index in [0.29, 0.717) is 0 Å². The summed E-state index contributed by atoms with van der Waals surface area (Å²) in [6.45, 7) is 1.97. The minimum Gasteiger partial charge on any atom is -0.381 e. The van der Waals surface area contributed by atoms with Crippen molar-refractivity contribution in [2.24, 2.45) is 0 Å². The van der Waals surface area contributed by atoms with Gasteiger partial charge < -0.3 is 4.10 Å². The van der Waals surface area contributed by atoms with Crippen molar-refractivity contribution >= 4 is 19.5 Å². The van der Waals surface area contributed by atoms with Gasteiger partial charge in [0.15, 0.2) is 0 Å².